The maximum atomic E-state index is 11.0. The standard InChI is InChI=1S/C18H9O4/c19-7-15-3-11-1-12-4-16(8-20)18(10-22)6-14(12)2-13(11)5-17(15)9-21/h1-5,7-10H. The molecule has 0 heterocycles. The van der Waals surface area contributed by atoms with E-state index < -0.39 is 0 Å². The average molecular weight is 289 g/mol. The van der Waals surface area contributed by atoms with Gasteiger partial charge in [-0.05, 0) is 51.9 Å². The summed E-state index contributed by atoms with van der Waals surface area (Å²) in [5, 5.41) is 2.92. The second kappa shape index (κ2) is 5.33. The molecule has 0 fully saturated rings. The van der Waals surface area contributed by atoms with Crippen molar-refractivity contribution in [3.05, 3.63) is 58.7 Å². The zero-order chi connectivity index (χ0) is 15.7. The number of benzene rings is 3. The van der Waals surface area contributed by atoms with E-state index in [1.807, 2.05) is 0 Å². The summed E-state index contributed by atoms with van der Waals surface area (Å²) in [6.45, 7) is 0. The van der Waals surface area contributed by atoms with Gasteiger partial charge in [0.1, 0.15) is 0 Å². The lowest BCUT2D eigenvalue weighted by Crippen LogP contribution is -1.93. The van der Waals surface area contributed by atoms with Crippen molar-refractivity contribution < 1.29 is 19.2 Å². The van der Waals surface area contributed by atoms with Gasteiger partial charge >= 0.3 is 0 Å². The van der Waals surface area contributed by atoms with Crippen molar-refractivity contribution in [1.29, 1.82) is 0 Å². The summed E-state index contributed by atoms with van der Waals surface area (Å²) in [4.78, 5) is 44.1. The Balaban J connectivity index is 2.40. The molecular formula is C18H9O4. The lowest BCUT2D eigenvalue weighted by Gasteiger charge is -2.07. The third-order valence-corrected chi connectivity index (χ3v) is 3.60. The van der Waals surface area contributed by atoms with Gasteiger partial charge in [0, 0.05) is 28.3 Å². The normalized spacial score (nSPS) is 10.5. The van der Waals surface area contributed by atoms with Crippen LogP contribution in [0.15, 0.2) is 30.3 Å². The molecule has 105 valence electrons. The number of carbonyl (C=O) groups excluding carboxylic acids is 4. The van der Waals surface area contributed by atoms with Gasteiger partial charge in [-0.1, -0.05) is 0 Å². The van der Waals surface area contributed by atoms with E-state index in [1.54, 1.807) is 30.3 Å². The highest BCUT2D eigenvalue weighted by molar-refractivity contribution is 6.06. The Labute approximate surface area is 125 Å². The van der Waals surface area contributed by atoms with E-state index in [-0.39, 0.29) is 11.1 Å². The second-order valence-corrected chi connectivity index (χ2v) is 4.88. The van der Waals surface area contributed by atoms with Crippen molar-refractivity contribution in [2.75, 3.05) is 0 Å². The third kappa shape index (κ3) is 2.11. The van der Waals surface area contributed by atoms with Crippen LogP contribution in [0.3, 0.4) is 0 Å². The molecule has 4 heteroatoms. The highest BCUT2D eigenvalue weighted by Crippen LogP contribution is 2.26. The van der Waals surface area contributed by atoms with Gasteiger partial charge in [-0.25, -0.2) is 0 Å². The van der Waals surface area contributed by atoms with Crippen LogP contribution < -0.4 is 0 Å². The van der Waals surface area contributed by atoms with E-state index in [1.165, 1.54) is 0 Å². The minimum Gasteiger partial charge on any atom is -0.298 e. The van der Waals surface area contributed by atoms with Gasteiger partial charge in [-0.15, -0.1) is 0 Å². The maximum Gasteiger partial charge on any atom is 0.151 e. The summed E-state index contributed by atoms with van der Waals surface area (Å²) in [7, 11) is 0. The molecule has 0 aromatic heterocycles. The number of hydrogen-bond donors (Lipinski definition) is 0. The van der Waals surface area contributed by atoms with Crippen molar-refractivity contribution in [3.63, 3.8) is 0 Å². The maximum absolute atomic E-state index is 11.0. The summed E-state index contributed by atoms with van der Waals surface area (Å²) < 4.78 is 0. The minimum absolute atomic E-state index is 0.196. The van der Waals surface area contributed by atoms with E-state index in [2.05, 4.69) is 6.07 Å². The second-order valence-electron chi connectivity index (χ2n) is 4.88. The van der Waals surface area contributed by atoms with Gasteiger partial charge in [0.05, 0.1) is 0 Å². The molecule has 0 spiro atoms. The Morgan fingerprint density at radius 1 is 0.591 bits per heavy atom. The first-order valence-electron chi connectivity index (χ1n) is 6.48. The Morgan fingerprint density at radius 2 is 1.14 bits per heavy atom. The predicted molar refractivity (Wildman–Crippen MR) is 81.8 cm³/mol. The average Bonchev–Trinajstić information content (AvgIpc) is 2.57. The molecule has 0 saturated carbocycles. The van der Waals surface area contributed by atoms with Gasteiger partial charge < -0.3 is 0 Å². The first kappa shape index (κ1) is 13.8. The molecule has 3 aromatic carbocycles. The highest BCUT2D eigenvalue weighted by atomic mass is 16.1. The van der Waals surface area contributed by atoms with Crippen molar-refractivity contribution >= 4 is 46.7 Å². The van der Waals surface area contributed by atoms with Crippen LogP contribution in [0.2, 0.25) is 0 Å². The predicted octanol–water partition coefficient (Wildman–Crippen LogP) is 3.04. The van der Waals surface area contributed by atoms with Crippen molar-refractivity contribution in [2.24, 2.45) is 0 Å². The van der Waals surface area contributed by atoms with Crippen LogP contribution in [0.25, 0.3) is 21.5 Å². The summed E-state index contributed by atoms with van der Waals surface area (Å²) in [5.41, 5.74) is 1.08. The van der Waals surface area contributed by atoms with Crippen molar-refractivity contribution in [3.8, 4) is 0 Å². The first-order chi connectivity index (χ1) is 10.7. The van der Waals surface area contributed by atoms with Gasteiger partial charge in [0.15, 0.2) is 25.1 Å². The molecule has 0 atom stereocenters. The van der Waals surface area contributed by atoms with Crippen LogP contribution in [0.5, 0.6) is 0 Å². The van der Waals surface area contributed by atoms with Gasteiger partial charge in [-0.2, -0.15) is 0 Å². The smallest absolute Gasteiger partial charge is 0.151 e. The third-order valence-electron chi connectivity index (χ3n) is 3.60. The van der Waals surface area contributed by atoms with Crippen LogP contribution in [0, 0.1) is 6.07 Å². The largest absolute Gasteiger partial charge is 0.298 e. The van der Waals surface area contributed by atoms with Crippen molar-refractivity contribution in [2.45, 2.75) is 0 Å². The summed E-state index contributed by atoms with van der Waals surface area (Å²) >= 11 is 0. The van der Waals surface area contributed by atoms with Crippen LogP contribution in [0.1, 0.15) is 41.4 Å². The van der Waals surface area contributed by atoms with Gasteiger partial charge in [-0.3, -0.25) is 19.2 Å². The van der Waals surface area contributed by atoms with E-state index in [9.17, 15) is 19.2 Å². The fraction of sp³-hybridized carbons (Fsp3) is 0. The molecule has 4 nitrogen and oxygen atoms in total. The molecule has 0 aliphatic rings. The quantitative estimate of drug-likeness (QED) is 0.547. The Bertz CT molecular complexity index is 801. The molecule has 0 N–H and O–H groups in total. The SMILES string of the molecule is O=Cc1[c]c2cc3cc(C=O)c(C=O)cc3cc2cc1C=O. The molecular weight excluding hydrogens is 280 g/mol. The first-order valence-corrected chi connectivity index (χ1v) is 6.48. The summed E-state index contributed by atoms with van der Waals surface area (Å²) in [6, 6.07) is 11.3. The molecule has 0 aliphatic heterocycles. The Kier molecular flexibility index (Phi) is 3.35. The monoisotopic (exact) mass is 289 g/mol. The number of rotatable bonds is 4. The van der Waals surface area contributed by atoms with Crippen LogP contribution in [0.4, 0.5) is 0 Å². The fourth-order valence-corrected chi connectivity index (χ4v) is 2.49. The number of aldehydes is 4. The molecule has 3 rings (SSSR count). The zero-order valence-electron chi connectivity index (χ0n) is 11.3. The van der Waals surface area contributed by atoms with E-state index in [4.69, 9.17) is 0 Å². The zero-order valence-corrected chi connectivity index (χ0v) is 11.3. The summed E-state index contributed by atoms with van der Waals surface area (Å²) in [5.74, 6) is 0. The molecule has 0 aliphatic carbocycles. The molecule has 0 amide bonds. The highest BCUT2D eigenvalue weighted by Gasteiger charge is 2.08. The van der Waals surface area contributed by atoms with E-state index in [0.717, 1.165) is 16.2 Å². The fourth-order valence-electron chi connectivity index (χ4n) is 2.49. The van der Waals surface area contributed by atoms with E-state index >= 15 is 0 Å². The molecule has 0 bridgehead atoms. The summed E-state index contributed by atoms with van der Waals surface area (Å²) in [6.07, 6.45) is 2.45. The molecule has 3 aromatic rings. The topological polar surface area (TPSA) is 68.3 Å². The lowest BCUT2D eigenvalue weighted by molar-refractivity contribution is 0.109. The number of hydrogen-bond acceptors (Lipinski definition) is 4. The van der Waals surface area contributed by atoms with Crippen molar-refractivity contribution in [1.82, 2.24) is 0 Å². The van der Waals surface area contributed by atoms with Gasteiger partial charge in [0.2, 0.25) is 0 Å². The Morgan fingerprint density at radius 3 is 1.68 bits per heavy atom. The van der Waals surface area contributed by atoms with Crippen LogP contribution in [-0.2, 0) is 0 Å². The Hall–Kier alpha value is -3.14. The molecule has 0 saturated heterocycles. The van der Waals surface area contributed by atoms with Crippen LogP contribution in [-0.4, -0.2) is 25.1 Å². The number of fused-ring (bicyclic) bond motifs is 2. The molecule has 0 unspecified atom stereocenters. The van der Waals surface area contributed by atoms with E-state index in [0.29, 0.717) is 41.7 Å². The molecule has 1 radical (unpaired) electrons. The lowest BCUT2D eigenvalue weighted by atomic mass is 9.96. The molecule has 22 heavy (non-hydrogen) atoms. The van der Waals surface area contributed by atoms with Crippen LogP contribution >= 0.6 is 0 Å². The minimum atomic E-state index is 0.196. The number of carbonyl (C=O) groups is 4. The van der Waals surface area contributed by atoms with Gasteiger partial charge in [0.25, 0.3) is 0 Å².